The zero-order valence-corrected chi connectivity index (χ0v) is 14.0. The maximum absolute atomic E-state index is 11.4. The van der Waals surface area contributed by atoms with Crippen LogP contribution in [0.25, 0.3) is 0 Å². The summed E-state index contributed by atoms with van der Waals surface area (Å²) in [5.41, 5.74) is 1.43. The molecule has 2 aromatic rings. The van der Waals surface area contributed by atoms with E-state index in [-0.39, 0.29) is 10.6 Å². The van der Waals surface area contributed by atoms with Gasteiger partial charge in [-0.25, -0.2) is 4.68 Å². The van der Waals surface area contributed by atoms with Crippen molar-refractivity contribution in [3.63, 3.8) is 0 Å². The largest absolute Gasteiger partial charge is 0.350 e. The molecule has 0 aliphatic heterocycles. The van der Waals surface area contributed by atoms with Crippen LogP contribution in [0.15, 0.2) is 18.2 Å². The molecular weight excluding hydrogens is 327 g/mol. The van der Waals surface area contributed by atoms with Crippen LogP contribution in [0.3, 0.4) is 0 Å². The third-order valence-electron chi connectivity index (χ3n) is 3.35. The number of aryl methyl sites for hydroxylation is 2. The summed E-state index contributed by atoms with van der Waals surface area (Å²) in [5.74, 6) is 0.466. The van der Waals surface area contributed by atoms with Crippen molar-refractivity contribution in [2.75, 3.05) is 11.9 Å². The van der Waals surface area contributed by atoms with E-state index in [4.69, 9.17) is 23.2 Å². The number of benzene rings is 1. The molecule has 22 heavy (non-hydrogen) atoms. The van der Waals surface area contributed by atoms with Gasteiger partial charge in [0.15, 0.2) is 0 Å². The summed E-state index contributed by atoms with van der Waals surface area (Å²) in [4.78, 5) is 12.8. The van der Waals surface area contributed by atoms with Gasteiger partial charge in [0.25, 0.3) is 0 Å². The molecule has 1 aromatic heterocycles. The average Bonchev–Trinajstić information content (AvgIpc) is 2.79. The summed E-state index contributed by atoms with van der Waals surface area (Å²) in [7, 11) is 3.48. The highest BCUT2D eigenvalue weighted by atomic mass is 35.5. The summed E-state index contributed by atoms with van der Waals surface area (Å²) < 4.78 is 1.54. The monoisotopic (exact) mass is 342 g/mol. The van der Waals surface area contributed by atoms with Crippen LogP contribution in [-0.4, -0.2) is 21.8 Å². The molecule has 118 valence electrons. The van der Waals surface area contributed by atoms with E-state index in [0.29, 0.717) is 34.5 Å². The molecule has 0 N–H and O–H groups in total. The number of aromatic nitrogens is 2. The summed E-state index contributed by atoms with van der Waals surface area (Å²) in [6.45, 7) is 2.30. The van der Waals surface area contributed by atoms with Crippen LogP contribution in [0.5, 0.6) is 0 Å². The Kier molecular flexibility index (Phi) is 4.93. The molecule has 0 bridgehead atoms. The van der Waals surface area contributed by atoms with Crippen molar-refractivity contribution in [2.24, 2.45) is 7.05 Å². The quantitative estimate of drug-likeness (QED) is 0.611. The van der Waals surface area contributed by atoms with Crippen molar-refractivity contribution in [1.82, 2.24) is 9.78 Å². The zero-order chi connectivity index (χ0) is 16.4. The molecule has 0 saturated carbocycles. The minimum Gasteiger partial charge on any atom is -0.350 e. The van der Waals surface area contributed by atoms with Crippen molar-refractivity contribution >= 4 is 34.7 Å². The van der Waals surface area contributed by atoms with E-state index >= 15 is 0 Å². The highest BCUT2D eigenvalue weighted by Crippen LogP contribution is 2.32. The van der Waals surface area contributed by atoms with E-state index in [0.717, 1.165) is 5.56 Å². The molecule has 0 aliphatic rings. The zero-order valence-electron chi connectivity index (χ0n) is 12.5. The first-order valence-electron chi connectivity index (χ1n) is 6.70. The first-order valence-corrected chi connectivity index (χ1v) is 7.46. The predicted octanol–water partition coefficient (Wildman–Crippen LogP) is 3.83. The minimum atomic E-state index is -0.382. The summed E-state index contributed by atoms with van der Waals surface area (Å²) in [5, 5.41) is 16.5. The number of nitrogens with zero attached hydrogens (tertiary/aromatic N) is 4. The molecule has 1 aromatic carbocycles. The van der Waals surface area contributed by atoms with Crippen molar-refractivity contribution in [2.45, 2.75) is 19.9 Å². The van der Waals surface area contributed by atoms with Gasteiger partial charge in [0.1, 0.15) is 5.69 Å². The molecule has 0 fully saturated rings. The summed E-state index contributed by atoms with van der Waals surface area (Å²) >= 11 is 11.9. The van der Waals surface area contributed by atoms with Gasteiger partial charge in [-0.1, -0.05) is 36.2 Å². The fourth-order valence-corrected chi connectivity index (χ4v) is 2.72. The van der Waals surface area contributed by atoms with E-state index in [1.807, 2.05) is 13.0 Å². The van der Waals surface area contributed by atoms with Gasteiger partial charge in [0.05, 0.1) is 15.0 Å². The van der Waals surface area contributed by atoms with E-state index in [1.165, 1.54) is 4.68 Å². The Labute approximate surface area is 138 Å². The van der Waals surface area contributed by atoms with Crippen LogP contribution in [0.4, 0.5) is 11.5 Å². The van der Waals surface area contributed by atoms with Gasteiger partial charge in [-0.3, -0.25) is 10.1 Å². The highest BCUT2D eigenvalue weighted by molar-refractivity contribution is 6.42. The molecule has 1 heterocycles. The van der Waals surface area contributed by atoms with Gasteiger partial charge in [0, 0.05) is 20.6 Å². The third-order valence-corrected chi connectivity index (χ3v) is 4.08. The lowest BCUT2D eigenvalue weighted by Crippen LogP contribution is -2.20. The molecule has 6 nitrogen and oxygen atoms in total. The van der Waals surface area contributed by atoms with Crippen LogP contribution in [0, 0.1) is 10.1 Å². The van der Waals surface area contributed by atoms with E-state index in [2.05, 4.69) is 5.10 Å². The Bertz CT molecular complexity index is 715. The lowest BCUT2D eigenvalue weighted by Gasteiger charge is -2.18. The third kappa shape index (κ3) is 3.18. The van der Waals surface area contributed by atoms with Crippen LogP contribution < -0.4 is 4.90 Å². The molecular formula is C14H16Cl2N4O2. The molecule has 0 saturated heterocycles. The molecule has 0 spiro atoms. The van der Waals surface area contributed by atoms with Gasteiger partial charge < -0.3 is 4.90 Å². The van der Waals surface area contributed by atoms with Crippen LogP contribution in [0.1, 0.15) is 18.2 Å². The molecule has 0 amide bonds. The van der Waals surface area contributed by atoms with Crippen molar-refractivity contribution < 1.29 is 4.92 Å². The van der Waals surface area contributed by atoms with Crippen molar-refractivity contribution in [3.8, 4) is 0 Å². The Morgan fingerprint density at radius 1 is 1.36 bits per heavy atom. The second-order valence-corrected chi connectivity index (χ2v) is 5.77. The smallest absolute Gasteiger partial charge is 0.334 e. The van der Waals surface area contributed by atoms with Gasteiger partial charge >= 0.3 is 5.69 Å². The van der Waals surface area contributed by atoms with E-state index in [9.17, 15) is 10.1 Å². The number of rotatable bonds is 5. The maximum atomic E-state index is 11.4. The number of hydrogen-bond acceptors (Lipinski definition) is 4. The van der Waals surface area contributed by atoms with E-state index in [1.54, 1.807) is 31.1 Å². The summed E-state index contributed by atoms with van der Waals surface area (Å²) in [6, 6.07) is 5.30. The van der Waals surface area contributed by atoms with Crippen LogP contribution in [-0.2, 0) is 20.0 Å². The fraction of sp³-hybridized carbons (Fsp3) is 0.357. The Hall–Kier alpha value is -1.79. The second kappa shape index (κ2) is 6.54. The van der Waals surface area contributed by atoms with Crippen molar-refractivity contribution in [3.05, 3.63) is 49.6 Å². The lowest BCUT2D eigenvalue weighted by molar-refractivity contribution is -0.384. The van der Waals surface area contributed by atoms with Gasteiger partial charge in [-0.05, 0) is 24.1 Å². The molecule has 0 atom stereocenters. The minimum absolute atomic E-state index is 0.0487. The number of anilines is 1. The van der Waals surface area contributed by atoms with Crippen LogP contribution in [0.2, 0.25) is 10.0 Å². The standard InChI is InChI=1S/C14H16Cl2N4O2/c1-4-12-13(20(21)22)14(19(3)17-12)18(2)8-9-5-6-10(15)11(16)7-9/h5-7H,4,8H2,1-3H3. The van der Waals surface area contributed by atoms with Crippen LogP contribution >= 0.6 is 23.2 Å². The first-order chi connectivity index (χ1) is 10.3. The van der Waals surface area contributed by atoms with E-state index < -0.39 is 0 Å². The molecule has 2 rings (SSSR count). The predicted molar refractivity (Wildman–Crippen MR) is 87.8 cm³/mol. The molecule has 0 unspecified atom stereocenters. The Morgan fingerprint density at radius 3 is 2.59 bits per heavy atom. The topological polar surface area (TPSA) is 64.2 Å². The highest BCUT2D eigenvalue weighted by Gasteiger charge is 2.28. The molecule has 8 heteroatoms. The lowest BCUT2D eigenvalue weighted by atomic mass is 10.2. The number of hydrogen-bond donors (Lipinski definition) is 0. The second-order valence-electron chi connectivity index (χ2n) is 4.96. The Balaban J connectivity index is 2.36. The normalized spacial score (nSPS) is 10.8. The molecule has 0 radical (unpaired) electrons. The molecule has 0 aliphatic carbocycles. The van der Waals surface area contributed by atoms with Gasteiger partial charge in [-0.15, -0.1) is 0 Å². The summed E-state index contributed by atoms with van der Waals surface area (Å²) in [6.07, 6.45) is 0.505. The Morgan fingerprint density at radius 2 is 2.05 bits per heavy atom. The number of halogens is 2. The fourth-order valence-electron chi connectivity index (χ4n) is 2.40. The van der Waals surface area contributed by atoms with Gasteiger partial charge in [0.2, 0.25) is 5.82 Å². The first kappa shape index (κ1) is 16.6. The average molecular weight is 343 g/mol. The number of nitro groups is 1. The van der Waals surface area contributed by atoms with Crippen molar-refractivity contribution in [1.29, 1.82) is 0 Å². The maximum Gasteiger partial charge on any atom is 0.334 e. The SMILES string of the molecule is CCc1nn(C)c(N(C)Cc2ccc(Cl)c(Cl)c2)c1[N+](=O)[O-]. The van der Waals surface area contributed by atoms with Gasteiger partial charge in [-0.2, -0.15) is 5.10 Å².